The van der Waals surface area contributed by atoms with Crippen LogP contribution in [0, 0.1) is 13.8 Å². The molecule has 0 saturated carbocycles. The Morgan fingerprint density at radius 2 is 2.11 bits per heavy atom. The lowest BCUT2D eigenvalue weighted by molar-refractivity contribution is 0.267. The second kappa shape index (κ2) is 5.28. The maximum atomic E-state index is 11.3. The number of sulfone groups is 1. The van der Waals surface area contributed by atoms with E-state index < -0.39 is 9.84 Å². The van der Waals surface area contributed by atoms with E-state index in [1.807, 2.05) is 25.1 Å². The van der Waals surface area contributed by atoms with Gasteiger partial charge in [0, 0.05) is 6.04 Å². The van der Waals surface area contributed by atoms with Crippen molar-refractivity contribution in [3.05, 3.63) is 29.3 Å². The third kappa shape index (κ3) is 3.46. The molecule has 1 fully saturated rings. The van der Waals surface area contributed by atoms with Crippen LogP contribution in [0.5, 0.6) is 5.75 Å². The number of hydrogen-bond donors (Lipinski definition) is 1. The summed E-state index contributed by atoms with van der Waals surface area (Å²) in [7, 11) is -2.82. The molecule has 0 aromatic heterocycles. The number of hydrogen-bond acceptors (Lipinski definition) is 4. The van der Waals surface area contributed by atoms with Crippen LogP contribution in [0.1, 0.15) is 17.5 Å². The first kappa shape index (κ1) is 13.4. The Labute approximate surface area is 108 Å². The molecule has 1 unspecified atom stereocenters. The van der Waals surface area contributed by atoms with E-state index in [1.165, 1.54) is 11.1 Å². The molecule has 1 aromatic rings. The van der Waals surface area contributed by atoms with Gasteiger partial charge in [-0.2, -0.15) is 0 Å². The van der Waals surface area contributed by atoms with Gasteiger partial charge in [-0.3, -0.25) is 5.32 Å². The summed E-state index contributed by atoms with van der Waals surface area (Å²) in [5.74, 6) is 1.32. The van der Waals surface area contributed by atoms with E-state index >= 15 is 0 Å². The van der Waals surface area contributed by atoms with Crippen LogP contribution in [0.3, 0.4) is 0 Å². The van der Waals surface area contributed by atoms with Gasteiger partial charge >= 0.3 is 0 Å². The van der Waals surface area contributed by atoms with Crippen molar-refractivity contribution in [1.29, 1.82) is 0 Å². The molecule has 1 atom stereocenters. The minimum absolute atomic E-state index is 0.0292. The summed E-state index contributed by atoms with van der Waals surface area (Å²) in [5.41, 5.74) is 2.42. The minimum Gasteiger partial charge on any atom is -0.478 e. The maximum absolute atomic E-state index is 11.3. The summed E-state index contributed by atoms with van der Waals surface area (Å²) in [6.07, 6.45) is 0.679. The molecular formula is C13H19NO3S. The van der Waals surface area contributed by atoms with Crippen molar-refractivity contribution in [2.45, 2.75) is 26.3 Å². The first-order valence-electron chi connectivity index (χ1n) is 6.10. The van der Waals surface area contributed by atoms with Gasteiger partial charge in [0.15, 0.2) is 9.84 Å². The highest BCUT2D eigenvalue weighted by atomic mass is 32.2. The Bertz CT molecular complexity index is 525. The molecule has 1 N–H and O–H groups in total. The van der Waals surface area contributed by atoms with Crippen LogP contribution in [-0.2, 0) is 9.84 Å². The Hall–Kier alpha value is -1.07. The third-order valence-electron chi connectivity index (χ3n) is 3.32. The van der Waals surface area contributed by atoms with Crippen molar-refractivity contribution in [2.75, 3.05) is 18.2 Å². The summed E-state index contributed by atoms with van der Waals surface area (Å²) in [5, 5.41) is 3.12. The number of rotatable bonds is 4. The first-order chi connectivity index (χ1) is 8.46. The molecule has 0 amide bonds. The van der Waals surface area contributed by atoms with Gasteiger partial charge in [-0.1, -0.05) is 6.07 Å². The topological polar surface area (TPSA) is 55.4 Å². The van der Waals surface area contributed by atoms with Gasteiger partial charge in [0.05, 0.1) is 11.5 Å². The molecule has 5 heteroatoms. The van der Waals surface area contributed by atoms with E-state index in [2.05, 4.69) is 12.2 Å². The van der Waals surface area contributed by atoms with E-state index in [4.69, 9.17) is 4.74 Å². The van der Waals surface area contributed by atoms with Crippen molar-refractivity contribution in [1.82, 2.24) is 5.32 Å². The van der Waals surface area contributed by atoms with Crippen LogP contribution >= 0.6 is 0 Å². The van der Waals surface area contributed by atoms with E-state index in [1.54, 1.807) is 0 Å². The SMILES string of the molecule is Cc1ccc(OCNC2CCS(=O)(=O)C2)cc1C. The monoisotopic (exact) mass is 269 g/mol. The van der Waals surface area contributed by atoms with Gasteiger partial charge in [0.2, 0.25) is 0 Å². The van der Waals surface area contributed by atoms with Crippen LogP contribution in [0.4, 0.5) is 0 Å². The number of benzene rings is 1. The first-order valence-corrected chi connectivity index (χ1v) is 7.92. The Kier molecular flexibility index (Phi) is 3.92. The fourth-order valence-corrected chi connectivity index (χ4v) is 3.71. The average molecular weight is 269 g/mol. The molecule has 1 aliphatic heterocycles. The summed E-state index contributed by atoms with van der Waals surface area (Å²) in [4.78, 5) is 0. The van der Waals surface area contributed by atoms with Gasteiger partial charge in [-0.15, -0.1) is 0 Å². The molecule has 2 rings (SSSR count). The Morgan fingerprint density at radius 3 is 2.72 bits per heavy atom. The largest absolute Gasteiger partial charge is 0.478 e. The zero-order valence-electron chi connectivity index (χ0n) is 10.8. The van der Waals surface area contributed by atoms with Crippen molar-refractivity contribution >= 4 is 9.84 Å². The number of aryl methyl sites for hydroxylation is 2. The van der Waals surface area contributed by atoms with Crippen LogP contribution < -0.4 is 10.1 Å². The van der Waals surface area contributed by atoms with E-state index in [0.717, 1.165) is 5.75 Å². The smallest absolute Gasteiger partial charge is 0.151 e. The van der Waals surface area contributed by atoms with Crippen molar-refractivity contribution < 1.29 is 13.2 Å². The lowest BCUT2D eigenvalue weighted by Crippen LogP contribution is -2.33. The molecule has 1 saturated heterocycles. The van der Waals surface area contributed by atoms with E-state index in [0.29, 0.717) is 13.2 Å². The highest BCUT2D eigenvalue weighted by molar-refractivity contribution is 7.91. The summed E-state index contributed by atoms with van der Waals surface area (Å²) in [6, 6.07) is 5.96. The van der Waals surface area contributed by atoms with Gasteiger partial charge < -0.3 is 4.74 Å². The van der Waals surface area contributed by atoms with Crippen LogP contribution in [0.15, 0.2) is 18.2 Å². The normalized spacial score (nSPS) is 22.0. The molecule has 0 spiro atoms. The fourth-order valence-electron chi connectivity index (χ4n) is 2.00. The van der Waals surface area contributed by atoms with E-state index in [-0.39, 0.29) is 17.5 Å². The molecule has 4 nitrogen and oxygen atoms in total. The Morgan fingerprint density at radius 1 is 1.33 bits per heavy atom. The molecule has 0 radical (unpaired) electrons. The van der Waals surface area contributed by atoms with Crippen molar-refractivity contribution in [3.8, 4) is 5.75 Å². The predicted molar refractivity (Wildman–Crippen MR) is 71.6 cm³/mol. The van der Waals surface area contributed by atoms with Gasteiger partial charge in [-0.05, 0) is 43.5 Å². The van der Waals surface area contributed by atoms with E-state index in [9.17, 15) is 8.42 Å². The molecule has 100 valence electrons. The molecule has 18 heavy (non-hydrogen) atoms. The average Bonchev–Trinajstić information content (AvgIpc) is 2.63. The standard InChI is InChI=1S/C13H19NO3S/c1-10-3-4-13(7-11(10)2)17-9-14-12-5-6-18(15,16)8-12/h3-4,7,12,14H,5-6,8-9H2,1-2H3. The zero-order chi connectivity index (χ0) is 13.2. The van der Waals surface area contributed by atoms with Gasteiger partial charge in [0.1, 0.15) is 12.5 Å². The Balaban J connectivity index is 1.80. The lowest BCUT2D eigenvalue weighted by Gasteiger charge is -2.12. The second-order valence-corrected chi connectivity index (χ2v) is 7.07. The molecule has 1 aromatic carbocycles. The van der Waals surface area contributed by atoms with Gasteiger partial charge in [0.25, 0.3) is 0 Å². The van der Waals surface area contributed by atoms with Crippen molar-refractivity contribution in [2.24, 2.45) is 0 Å². The van der Waals surface area contributed by atoms with Crippen LogP contribution in [0.25, 0.3) is 0 Å². The summed E-state index contributed by atoms with van der Waals surface area (Å²) < 4.78 is 28.1. The van der Waals surface area contributed by atoms with Crippen LogP contribution in [0.2, 0.25) is 0 Å². The fraction of sp³-hybridized carbons (Fsp3) is 0.538. The summed E-state index contributed by atoms with van der Waals surface area (Å²) >= 11 is 0. The second-order valence-electron chi connectivity index (χ2n) is 4.84. The summed E-state index contributed by atoms with van der Waals surface area (Å²) in [6.45, 7) is 4.45. The third-order valence-corrected chi connectivity index (χ3v) is 5.09. The lowest BCUT2D eigenvalue weighted by atomic mass is 10.1. The van der Waals surface area contributed by atoms with Gasteiger partial charge in [-0.25, -0.2) is 8.42 Å². The van der Waals surface area contributed by atoms with Crippen LogP contribution in [-0.4, -0.2) is 32.7 Å². The van der Waals surface area contributed by atoms with Crippen molar-refractivity contribution in [3.63, 3.8) is 0 Å². The molecule has 1 aliphatic rings. The highest BCUT2D eigenvalue weighted by Crippen LogP contribution is 2.16. The number of ether oxygens (including phenoxy) is 1. The highest BCUT2D eigenvalue weighted by Gasteiger charge is 2.27. The molecule has 0 bridgehead atoms. The quantitative estimate of drug-likeness (QED) is 0.840. The molecule has 1 heterocycles. The number of nitrogens with one attached hydrogen (secondary N) is 1. The maximum Gasteiger partial charge on any atom is 0.151 e. The zero-order valence-corrected chi connectivity index (χ0v) is 11.6. The minimum atomic E-state index is -2.82. The predicted octanol–water partition coefficient (Wildman–Crippen LogP) is 1.42. The molecule has 0 aliphatic carbocycles. The molecular weight excluding hydrogens is 250 g/mol.